The zero-order valence-corrected chi connectivity index (χ0v) is 16.9. The molecular formula is C28H26. The summed E-state index contributed by atoms with van der Waals surface area (Å²) < 4.78 is 0. The number of allylic oxidation sites excluding steroid dienone is 10. The number of rotatable bonds is 4. The van der Waals surface area contributed by atoms with Gasteiger partial charge < -0.3 is 0 Å². The summed E-state index contributed by atoms with van der Waals surface area (Å²) in [6.45, 7) is 14.8. The Hall–Kier alpha value is -3.12. The van der Waals surface area contributed by atoms with Crippen LogP contribution in [0.25, 0.3) is 11.1 Å². The molecule has 2 aliphatic carbocycles. The maximum atomic E-state index is 4.26. The molecule has 0 N–H and O–H groups in total. The summed E-state index contributed by atoms with van der Waals surface area (Å²) >= 11 is 0. The molecule has 0 radical (unpaired) electrons. The van der Waals surface area contributed by atoms with E-state index in [1.807, 2.05) is 6.08 Å². The molecule has 0 aromatic heterocycles. The third-order valence-corrected chi connectivity index (χ3v) is 6.16. The fourth-order valence-corrected chi connectivity index (χ4v) is 5.19. The van der Waals surface area contributed by atoms with Gasteiger partial charge in [-0.3, -0.25) is 0 Å². The third kappa shape index (κ3) is 2.12. The summed E-state index contributed by atoms with van der Waals surface area (Å²) in [7, 11) is 0. The highest BCUT2D eigenvalue weighted by Gasteiger charge is 2.52. The van der Waals surface area contributed by atoms with E-state index < -0.39 is 0 Å². The van der Waals surface area contributed by atoms with Crippen molar-refractivity contribution in [2.45, 2.75) is 26.2 Å². The molecule has 1 atom stereocenters. The molecule has 0 fully saturated rings. The largest absolute Gasteiger partial charge is 0.0987 e. The van der Waals surface area contributed by atoms with Crippen molar-refractivity contribution in [2.24, 2.45) is 0 Å². The van der Waals surface area contributed by atoms with Crippen molar-refractivity contribution in [1.29, 1.82) is 0 Å². The number of benzene rings is 2. The Morgan fingerprint density at radius 2 is 1.50 bits per heavy atom. The normalized spacial score (nSPS) is 20.9. The summed E-state index contributed by atoms with van der Waals surface area (Å²) in [5, 5.41) is 0. The molecule has 2 aromatic rings. The van der Waals surface area contributed by atoms with Crippen LogP contribution in [0.2, 0.25) is 0 Å². The van der Waals surface area contributed by atoms with Crippen molar-refractivity contribution in [2.75, 3.05) is 0 Å². The van der Waals surface area contributed by atoms with Crippen LogP contribution in [0.1, 0.15) is 43.0 Å². The van der Waals surface area contributed by atoms with Gasteiger partial charge in [0, 0.05) is 0 Å². The summed E-state index contributed by atoms with van der Waals surface area (Å²) in [4.78, 5) is 0. The van der Waals surface area contributed by atoms with Crippen LogP contribution in [0.3, 0.4) is 0 Å². The first kappa shape index (κ1) is 18.3. The number of hydrogen-bond donors (Lipinski definition) is 0. The van der Waals surface area contributed by atoms with E-state index in [4.69, 9.17) is 0 Å². The van der Waals surface area contributed by atoms with Crippen LogP contribution in [-0.4, -0.2) is 0 Å². The maximum absolute atomic E-state index is 4.26. The van der Waals surface area contributed by atoms with Gasteiger partial charge in [0.05, 0.1) is 5.41 Å². The van der Waals surface area contributed by atoms with E-state index in [-0.39, 0.29) is 5.41 Å². The Kier molecular flexibility index (Phi) is 4.43. The molecule has 0 aliphatic heterocycles. The van der Waals surface area contributed by atoms with Gasteiger partial charge in [0.25, 0.3) is 0 Å². The first-order valence-electron chi connectivity index (χ1n) is 9.86. The minimum Gasteiger partial charge on any atom is -0.0987 e. The number of hydrogen-bond acceptors (Lipinski definition) is 0. The summed E-state index contributed by atoms with van der Waals surface area (Å²) in [5.74, 6) is 0. The Morgan fingerprint density at radius 1 is 0.893 bits per heavy atom. The lowest BCUT2D eigenvalue weighted by atomic mass is 9.66. The van der Waals surface area contributed by atoms with E-state index in [1.165, 1.54) is 50.1 Å². The highest BCUT2D eigenvalue weighted by atomic mass is 14.5. The summed E-state index contributed by atoms with van der Waals surface area (Å²) in [6.07, 6.45) is 10.6. The van der Waals surface area contributed by atoms with Gasteiger partial charge >= 0.3 is 0 Å². The second-order valence-electron chi connectivity index (χ2n) is 7.32. The molecule has 2 aliphatic rings. The quantitative estimate of drug-likeness (QED) is 0.496. The minimum absolute atomic E-state index is 0.343. The Bertz CT molecular complexity index is 1110. The standard InChI is InChI=1S/C28H26/c1-6-14-22-23-16-11-13-18-26(23)28(24(22)9-4)25-17-12-10-15-21(25)19(5)27(28)20(7-2)8-3/h6-18H,2,4H2,1,3,5H3/b14-6-,20-8+. The van der Waals surface area contributed by atoms with Crippen LogP contribution >= 0.6 is 0 Å². The summed E-state index contributed by atoms with van der Waals surface area (Å²) in [6, 6.07) is 17.6. The second-order valence-corrected chi connectivity index (χ2v) is 7.32. The van der Waals surface area contributed by atoms with Crippen LogP contribution in [-0.2, 0) is 5.41 Å². The fraction of sp³-hybridized carbons (Fsp3) is 0.143. The van der Waals surface area contributed by atoms with E-state index in [0.29, 0.717) is 0 Å². The fourth-order valence-electron chi connectivity index (χ4n) is 5.19. The van der Waals surface area contributed by atoms with Crippen molar-refractivity contribution >= 4 is 11.1 Å². The van der Waals surface area contributed by atoms with Crippen molar-refractivity contribution in [1.82, 2.24) is 0 Å². The predicted octanol–water partition coefficient (Wildman–Crippen LogP) is 7.42. The van der Waals surface area contributed by atoms with Gasteiger partial charge in [-0.1, -0.05) is 92.1 Å². The molecule has 2 aromatic carbocycles. The highest BCUT2D eigenvalue weighted by molar-refractivity contribution is 5.98. The third-order valence-electron chi connectivity index (χ3n) is 6.16. The van der Waals surface area contributed by atoms with Gasteiger partial charge in [-0.15, -0.1) is 0 Å². The zero-order valence-electron chi connectivity index (χ0n) is 16.9. The van der Waals surface area contributed by atoms with Crippen LogP contribution in [0, 0.1) is 0 Å². The molecular weight excluding hydrogens is 336 g/mol. The molecule has 0 heterocycles. The lowest BCUT2D eigenvalue weighted by Crippen LogP contribution is -2.29. The van der Waals surface area contributed by atoms with E-state index in [0.717, 1.165) is 0 Å². The zero-order chi connectivity index (χ0) is 19.9. The Balaban J connectivity index is 2.26. The van der Waals surface area contributed by atoms with E-state index in [1.54, 1.807) is 0 Å². The van der Waals surface area contributed by atoms with Gasteiger partial charge in [0.1, 0.15) is 0 Å². The van der Waals surface area contributed by atoms with Crippen LogP contribution in [0.4, 0.5) is 0 Å². The van der Waals surface area contributed by atoms with Crippen LogP contribution in [0.5, 0.6) is 0 Å². The molecule has 0 saturated heterocycles. The molecule has 0 saturated carbocycles. The van der Waals surface area contributed by atoms with Gasteiger partial charge in [0.15, 0.2) is 0 Å². The van der Waals surface area contributed by atoms with E-state index >= 15 is 0 Å². The average Bonchev–Trinajstić information content (AvgIpc) is 3.15. The average molecular weight is 363 g/mol. The molecule has 1 unspecified atom stereocenters. The molecule has 0 nitrogen and oxygen atoms in total. The molecule has 0 heteroatoms. The molecule has 1 spiro atoms. The first-order chi connectivity index (χ1) is 13.7. The maximum Gasteiger partial charge on any atom is 0.0727 e. The monoisotopic (exact) mass is 362 g/mol. The predicted molar refractivity (Wildman–Crippen MR) is 122 cm³/mol. The Labute approximate surface area is 168 Å². The van der Waals surface area contributed by atoms with Crippen molar-refractivity contribution < 1.29 is 0 Å². The van der Waals surface area contributed by atoms with E-state index in [2.05, 4.69) is 107 Å². The van der Waals surface area contributed by atoms with Crippen LogP contribution in [0.15, 0.2) is 109 Å². The van der Waals surface area contributed by atoms with Crippen molar-refractivity contribution in [3.8, 4) is 0 Å². The number of fused-ring (bicyclic) bond motifs is 4. The van der Waals surface area contributed by atoms with Crippen LogP contribution < -0.4 is 0 Å². The minimum atomic E-state index is -0.343. The lowest BCUT2D eigenvalue weighted by molar-refractivity contribution is 0.771. The second kappa shape index (κ2) is 6.80. The Morgan fingerprint density at radius 3 is 2.07 bits per heavy atom. The first-order valence-corrected chi connectivity index (χ1v) is 9.86. The van der Waals surface area contributed by atoms with E-state index in [9.17, 15) is 0 Å². The van der Waals surface area contributed by atoms with Gasteiger partial charge in [-0.05, 0) is 70.9 Å². The summed E-state index contributed by atoms with van der Waals surface area (Å²) in [5.41, 5.74) is 11.3. The van der Waals surface area contributed by atoms with Gasteiger partial charge in [-0.25, -0.2) is 0 Å². The van der Waals surface area contributed by atoms with Crippen molar-refractivity contribution in [3.05, 3.63) is 131 Å². The van der Waals surface area contributed by atoms with Crippen molar-refractivity contribution in [3.63, 3.8) is 0 Å². The van der Waals surface area contributed by atoms with Gasteiger partial charge in [0.2, 0.25) is 0 Å². The van der Waals surface area contributed by atoms with Gasteiger partial charge in [-0.2, -0.15) is 0 Å². The molecule has 0 bridgehead atoms. The molecule has 28 heavy (non-hydrogen) atoms. The SMILES string of the molecule is C=CC1=C(/C=C\C)c2ccccc2C12C(/C(C=C)=C/C)=C(C)c1ccccc12. The molecule has 0 amide bonds. The smallest absolute Gasteiger partial charge is 0.0727 e. The topological polar surface area (TPSA) is 0 Å². The lowest BCUT2D eigenvalue weighted by Gasteiger charge is -2.34. The highest BCUT2D eigenvalue weighted by Crippen LogP contribution is 2.62. The molecule has 138 valence electrons. The molecule has 4 rings (SSSR count).